The molecular formula is C38H44O14. The van der Waals surface area contributed by atoms with Crippen LogP contribution in [0.2, 0.25) is 0 Å². The van der Waals surface area contributed by atoms with Crippen LogP contribution in [0.25, 0.3) is 33.1 Å². The third-order valence-electron chi connectivity index (χ3n) is 9.12. The highest BCUT2D eigenvalue weighted by atomic mass is 16.5. The highest BCUT2D eigenvalue weighted by molar-refractivity contribution is 6.31. The standard InChI is InChI=1S/C38H44O14/c1-15(39)9-25(43)51-17(3)11-19-27-28-20(12-18(4)52-26(44)10-16(2)40)38(50-8)36(46)30-22(42)14-24(48-6)32(34(28)30)31-23(47-5)13-21(41)29(33(27)31)35(45)37(19)49-7/h13-18,21,39-41,45-46H,9-12H2,1-8H3/t15?,16?,17-,18-,21?/m1/s1. The molecule has 0 saturated heterocycles. The third-order valence-corrected chi connectivity index (χ3v) is 9.12. The van der Waals surface area contributed by atoms with Gasteiger partial charge in [-0.15, -0.1) is 0 Å². The van der Waals surface area contributed by atoms with E-state index in [0.29, 0.717) is 32.8 Å². The molecular weight excluding hydrogens is 680 g/mol. The number of carbonyl (C=O) groups is 3. The van der Waals surface area contributed by atoms with Crippen molar-refractivity contribution in [3.63, 3.8) is 0 Å². The summed E-state index contributed by atoms with van der Waals surface area (Å²) in [6.45, 7) is 6.14. The van der Waals surface area contributed by atoms with Gasteiger partial charge in [-0.05, 0) is 44.5 Å². The second-order valence-corrected chi connectivity index (χ2v) is 13.1. The topological polar surface area (TPSA) is 208 Å². The van der Waals surface area contributed by atoms with E-state index in [1.165, 1.54) is 54.4 Å². The summed E-state index contributed by atoms with van der Waals surface area (Å²) in [7, 11) is 5.40. The van der Waals surface area contributed by atoms with Gasteiger partial charge in [-0.3, -0.25) is 14.4 Å². The van der Waals surface area contributed by atoms with Crippen molar-refractivity contribution in [1.82, 2.24) is 0 Å². The monoisotopic (exact) mass is 724 g/mol. The molecule has 2 aliphatic carbocycles. The molecule has 3 aromatic rings. The second-order valence-electron chi connectivity index (χ2n) is 13.1. The predicted octanol–water partition coefficient (Wildman–Crippen LogP) is 4.13. The first-order valence-corrected chi connectivity index (χ1v) is 16.8. The quantitative estimate of drug-likeness (QED) is 0.117. The van der Waals surface area contributed by atoms with E-state index in [1.807, 2.05) is 0 Å². The van der Waals surface area contributed by atoms with Crippen LogP contribution in [0, 0.1) is 0 Å². The Balaban J connectivity index is 2.02. The molecule has 3 unspecified atom stereocenters. The number of methoxy groups -OCH3 is 4. The normalized spacial score (nSPS) is 17.1. The van der Waals surface area contributed by atoms with Gasteiger partial charge in [-0.25, -0.2) is 0 Å². The summed E-state index contributed by atoms with van der Waals surface area (Å²) in [5, 5.41) is 55.9. The van der Waals surface area contributed by atoms with Gasteiger partial charge in [0.25, 0.3) is 0 Å². The molecule has 280 valence electrons. The number of aliphatic hydroxyl groups is 3. The molecule has 5 rings (SSSR count). The summed E-state index contributed by atoms with van der Waals surface area (Å²) in [6, 6.07) is 0. The van der Waals surface area contributed by atoms with Gasteiger partial charge in [0.15, 0.2) is 28.8 Å². The van der Waals surface area contributed by atoms with Crippen LogP contribution in [-0.4, -0.2) is 96.1 Å². The van der Waals surface area contributed by atoms with Gasteiger partial charge in [-0.1, -0.05) is 0 Å². The lowest BCUT2D eigenvalue weighted by Crippen LogP contribution is -2.22. The Kier molecular flexibility index (Phi) is 10.9. The van der Waals surface area contributed by atoms with Crippen molar-refractivity contribution in [1.29, 1.82) is 0 Å². The number of rotatable bonds is 14. The van der Waals surface area contributed by atoms with Gasteiger partial charge >= 0.3 is 11.9 Å². The van der Waals surface area contributed by atoms with Gasteiger partial charge in [0.2, 0.25) is 0 Å². The second kappa shape index (κ2) is 14.9. The first kappa shape index (κ1) is 38.2. The van der Waals surface area contributed by atoms with Gasteiger partial charge < -0.3 is 54.0 Å². The van der Waals surface area contributed by atoms with Crippen LogP contribution in [0.4, 0.5) is 0 Å². The number of ether oxygens (including phenoxy) is 6. The molecule has 14 nitrogen and oxygen atoms in total. The number of carbonyl (C=O) groups excluding carboxylic acids is 3. The smallest absolute Gasteiger partial charge is 0.308 e. The van der Waals surface area contributed by atoms with E-state index in [1.54, 1.807) is 13.8 Å². The Morgan fingerprint density at radius 1 is 0.673 bits per heavy atom. The molecule has 0 spiro atoms. The van der Waals surface area contributed by atoms with Gasteiger partial charge in [0, 0.05) is 57.5 Å². The largest absolute Gasteiger partial charge is 0.504 e. The molecule has 5 N–H and O–H groups in total. The number of hydrogen-bond acceptors (Lipinski definition) is 14. The fourth-order valence-corrected chi connectivity index (χ4v) is 7.30. The number of esters is 2. The third kappa shape index (κ3) is 6.57. The minimum atomic E-state index is -1.42. The summed E-state index contributed by atoms with van der Waals surface area (Å²) in [6.07, 6.45) is -3.13. The Labute approximate surface area is 299 Å². The number of phenols is 2. The molecule has 0 amide bonds. The van der Waals surface area contributed by atoms with E-state index >= 15 is 0 Å². The zero-order valence-corrected chi connectivity index (χ0v) is 30.3. The van der Waals surface area contributed by atoms with E-state index in [-0.39, 0.29) is 70.8 Å². The molecule has 0 aliphatic heterocycles. The van der Waals surface area contributed by atoms with Crippen molar-refractivity contribution in [2.75, 3.05) is 28.4 Å². The van der Waals surface area contributed by atoms with Crippen molar-refractivity contribution in [3.8, 4) is 23.0 Å². The number of hydrogen-bond donors (Lipinski definition) is 5. The van der Waals surface area contributed by atoms with Gasteiger partial charge in [0.1, 0.15) is 29.8 Å². The van der Waals surface area contributed by atoms with Crippen LogP contribution in [0.5, 0.6) is 23.0 Å². The van der Waals surface area contributed by atoms with E-state index in [4.69, 9.17) is 28.4 Å². The van der Waals surface area contributed by atoms with Gasteiger partial charge in [0.05, 0.1) is 59.1 Å². The fraction of sp³-hybridized carbons (Fsp3) is 0.447. The maximum absolute atomic E-state index is 13.9. The van der Waals surface area contributed by atoms with E-state index < -0.39 is 59.7 Å². The summed E-state index contributed by atoms with van der Waals surface area (Å²) in [5.41, 5.74) is 1.15. The molecule has 0 saturated carbocycles. The summed E-state index contributed by atoms with van der Waals surface area (Å²) < 4.78 is 34.4. The summed E-state index contributed by atoms with van der Waals surface area (Å²) in [5.74, 6) is -2.70. The lowest BCUT2D eigenvalue weighted by molar-refractivity contribution is -0.151. The Morgan fingerprint density at radius 2 is 1.13 bits per heavy atom. The SMILES string of the molecule is COC1=CC(=O)c2c(O)c(OC)c(C[C@@H](C)OC(=O)CC(C)O)c3c2c1c1c2c(c(O)c(OC)c(C[C@@H](C)OC(=O)CC(C)O)c23)C(O)C=C1OC. The van der Waals surface area contributed by atoms with Crippen molar-refractivity contribution in [2.24, 2.45) is 0 Å². The average Bonchev–Trinajstić information content (AvgIpc) is 3.04. The van der Waals surface area contributed by atoms with E-state index in [2.05, 4.69) is 0 Å². The van der Waals surface area contributed by atoms with Crippen LogP contribution in [0.3, 0.4) is 0 Å². The Bertz CT molecular complexity index is 2020. The predicted molar refractivity (Wildman–Crippen MR) is 188 cm³/mol. The summed E-state index contributed by atoms with van der Waals surface area (Å²) in [4.78, 5) is 39.2. The minimum Gasteiger partial charge on any atom is -0.504 e. The molecule has 0 radical (unpaired) electrons. The number of benzene rings is 3. The number of allylic oxidation sites excluding steroid dienone is 1. The van der Waals surface area contributed by atoms with E-state index in [0.717, 1.165) is 0 Å². The molecule has 0 heterocycles. The zero-order valence-electron chi connectivity index (χ0n) is 30.3. The van der Waals surface area contributed by atoms with Crippen molar-refractivity contribution in [3.05, 3.63) is 45.5 Å². The van der Waals surface area contributed by atoms with Crippen molar-refractivity contribution < 1.29 is 68.3 Å². The lowest BCUT2D eigenvalue weighted by Gasteiger charge is -2.32. The molecule has 2 aliphatic rings. The number of ketones is 1. The number of fused-ring (bicyclic) bond motifs is 2. The zero-order chi connectivity index (χ0) is 38.3. The van der Waals surface area contributed by atoms with Crippen LogP contribution in [0.15, 0.2) is 12.2 Å². The molecule has 0 bridgehead atoms. The number of aromatic hydroxyl groups is 2. The van der Waals surface area contributed by atoms with Crippen LogP contribution in [-0.2, 0) is 41.4 Å². The summed E-state index contributed by atoms with van der Waals surface area (Å²) >= 11 is 0. The highest BCUT2D eigenvalue weighted by Crippen LogP contribution is 2.58. The van der Waals surface area contributed by atoms with Crippen LogP contribution < -0.4 is 9.47 Å². The highest BCUT2D eigenvalue weighted by Gasteiger charge is 2.40. The number of aliphatic hydroxyl groups excluding tert-OH is 3. The molecule has 0 aromatic heterocycles. The number of phenolic OH excluding ortho intramolecular Hbond substituents is 2. The lowest BCUT2D eigenvalue weighted by atomic mass is 9.75. The fourth-order valence-electron chi connectivity index (χ4n) is 7.30. The van der Waals surface area contributed by atoms with Crippen LogP contribution >= 0.6 is 0 Å². The maximum Gasteiger partial charge on any atom is 0.308 e. The Morgan fingerprint density at radius 3 is 1.60 bits per heavy atom. The van der Waals surface area contributed by atoms with Crippen molar-refractivity contribution >= 4 is 50.8 Å². The van der Waals surface area contributed by atoms with Crippen molar-refractivity contribution in [2.45, 2.75) is 83.9 Å². The molecule has 3 aromatic carbocycles. The Hall–Kier alpha value is -5.05. The maximum atomic E-state index is 13.9. The molecule has 14 heteroatoms. The first-order valence-electron chi connectivity index (χ1n) is 16.8. The minimum absolute atomic E-state index is 0.0478. The molecule has 0 fully saturated rings. The van der Waals surface area contributed by atoms with E-state index in [9.17, 15) is 39.9 Å². The average molecular weight is 725 g/mol. The molecule has 52 heavy (non-hydrogen) atoms. The first-order chi connectivity index (χ1) is 24.6. The van der Waals surface area contributed by atoms with Gasteiger partial charge in [-0.2, -0.15) is 0 Å². The van der Waals surface area contributed by atoms with Crippen LogP contribution in [0.1, 0.15) is 84.8 Å². The molecule has 5 atom stereocenters.